The van der Waals surface area contributed by atoms with Crippen molar-refractivity contribution in [3.8, 4) is 0 Å². The summed E-state index contributed by atoms with van der Waals surface area (Å²) in [5, 5.41) is 3.10. The third-order valence-corrected chi connectivity index (χ3v) is 6.82. The molecule has 27 heavy (non-hydrogen) atoms. The number of carbonyl (C=O) groups excluding carboxylic acids is 1. The van der Waals surface area contributed by atoms with Crippen molar-refractivity contribution in [2.75, 3.05) is 38.0 Å². The summed E-state index contributed by atoms with van der Waals surface area (Å²) in [7, 11) is -3.53. The van der Waals surface area contributed by atoms with Gasteiger partial charge in [-0.2, -0.15) is 4.31 Å². The van der Waals surface area contributed by atoms with Crippen LogP contribution in [0.5, 0.6) is 0 Å². The number of piperazine rings is 1. The molecule has 1 heterocycles. The fourth-order valence-corrected chi connectivity index (χ4v) is 4.55. The molecule has 0 bridgehead atoms. The number of nitrogens with one attached hydrogen (secondary N) is 1. The van der Waals surface area contributed by atoms with Crippen LogP contribution < -0.4 is 5.32 Å². The SMILES string of the molecule is Cc1ccc(S(=O)(=O)N2CCN(C(=O)CNc3ccccc3)CC2)cc1C. The highest BCUT2D eigenvalue weighted by atomic mass is 32.2. The third-order valence-electron chi connectivity index (χ3n) is 4.93. The smallest absolute Gasteiger partial charge is 0.243 e. The van der Waals surface area contributed by atoms with Gasteiger partial charge >= 0.3 is 0 Å². The molecule has 0 radical (unpaired) electrons. The minimum atomic E-state index is -3.53. The van der Waals surface area contributed by atoms with Gasteiger partial charge in [-0.1, -0.05) is 24.3 Å². The summed E-state index contributed by atoms with van der Waals surface area (Å²) in [6.45, 7) is 5.50. The predicted octanol–water partition coefficient (Wildman–Crippen LogP) is 2.25. The number of benzene rings is 2. The van der Waals surface area contributed by atoms with E-state index in [1.54, 1.807) is 17.0 Å². The Balaban J connectivity index is 1.57. The van der Waals surface area contributed by atoms with Crippen LogP contribution in [0.4, 0.5) is 5.69 Å². The lowest BCUT2D eigenvalue weighted by Gasteiger charge is -2.34. The lowest BCUT2D eigenvalue weighted by Crippen LogP contribution is -2.51. The maximum atomic E-state index is 12.8. The van der Waals surface area contributed by atoms with E-state index in [1.165, 1.54) is 4.31 Å². The van der Waals surface area contributed by atoms with Crippen LogP contribution in [0.25, 0.3) is 0 Å². The van der Waals surface area contributed by atoms with Crippen molar-refractivity contribution < 1.29 is 13.2 Å². The van der Waals surface area contributed by atoms with Crippen LogP contribution in [-0.4, -0.2) is 56.3 Å². The molecule has 0 unspecified atom stereocenters. The van der Waals surface area contributed by atoms with Crippen LogP contribution in [0.1, 0.15) is 11.1 Å². The van der Waals surface area contributed by atoms with Crippen molar-refractivity contribution in [3.05, 3.63) is 59.7 Å². The lowest BCUT2D eigenvalue weighted by molar-refractivity contribution is -0.130. The van der Waals surface area contributed by atoms with E-state index in [0.29, 0.717) is 31.1 Å². The molecule has 7 heteroatoms. The molecule has 1 fully saturated rings. The van der Waals surface area contributed by atoms with Crippen LogP contribution in [0.15, 0.2) is 53.4 Å². The number of carbonyl (C=O) groups is 1. The number of nitrogens with zero attached hydrogens (tertiary/aromatic N) is 2. The highest BCUT2D eigenvalue weighted by molar-refractivity contribution is 7.89. The van der Waals surface area contributed by atoms with Gasteiger partial charge in [0, 0.05) is 31.9 Å². The zero-order valence-electron chi connectivity index (χ0n) is 15.7. The molecule has 2 aromatic rings. The van der Waals surface area contributed by atoms with Gasteiger partial charge in [0.25, 0.3) is 0 Å². The van der Waals surface area contributed by atoms with Crippen molar-refractivity contribution in [1.29, 1.82) is 0 Å². The van der Waals surface area contributed by atoms with Crippen molar-refractivity contribution in [3.63, 3.8) is 0 Å². The molecule has 2 aromatic carbocycles. The van der Waals surface area contributed by atoms with Crippen LogP contribution in [0.3, 0.4) is 0 Å². The van der Waals surface area contributed by atoms with E-state index in [-0.39, 0.29) is 12.5 Å². The fourth-order valence-electron chi connectivity index (χ4n) is 3.05. The summed E-state index contributed by atoms with van der Waals surface area (Å²) < 4.78 is 27.2. The number of anilines is 1. The van der Waals surface area contributed by atoms with Crippen molar-refractivity contribution in [2.24, 2.45) is 0 Å². The number of aryl methyl sites for hydroxylation is 2. The Hall–Kier alpha value is -2.38. The van der Waals surface area contributed by atoms with Gasteiger partial charge in [-0.05, 0) is 49.2 Å². The van der Waals surface area contributed by atoms with Crippen molar-refractivity contribution in [2.45, 2.75) is 18.7 Å². The minimum absolute atomic E-state index is 0.0259. The van der Waals surface area contributed by atoms with E-state index >= 15 is 0 Å². The Morgan fingerprint density at radius 1 is 0.963 bits per heavy atom. The summed E-state index contributed by atoms with van der Waals surface area (Å²) in [6, 6.07) is 14.7. The molecular weight excluding hydrogens is 362 g/mol. The Bertz CT molecular complexity index is 905. The molecule has 0 atom stereocenters. The molecule has 144 valence electrons. The van der Waals surface area contributed by atoms with Gasteiger partial charge in [-0.15, -0.1) is 0 Å². The summed E-state index contributed by atoms with van der Waals surface area (Å²) in [4.78, 5) is 14.4. The van der Waals surface area contributed by atoms with Gasteiger partial charge in [0.05, 0.1) is 11.4 Å². The molecule has 0 aromatic heterocycles. The van der Waals surface area contributed by atoms with Gasteiger partial charge in [0.15, 0.2) is 0 Å². The molecule has 0 saturated carbocycles. The largest absolute Gasteiger partial charge is 0.376 e. The molecule has 0 spiro atoms. The zero-order valence-corrected chi connectivity index (χ0v) is 16.5. The monoisotopic (exact) mass is 387 g/mol. The Morgan fingerprint density at radius 3 is 2.26 bits per heavy atom. The van der Waals surface area contributed by atoms with E-state index in [0.717, 1.165) is 16.8 Å². The first-order valence-corrected chi connectivity index (χ1v) is 10.5. The quantitative estimate of drug-likeness (QED) is 0.854. The van der Waals surface area contributed by atoms with Gasteiger partial charge in [0.2, 0.25) is 15.9 Å². The normalized spacial score (nSPS) is 15.6. The average molecular weight is 388 g/mol. The molecule has 1 amide bonds. The van der Waals surface area contributed by atoms with E-state index in [1.807, 2.05) is 50.2 Å². The minimum Gasteiger partial charge on any atom is -0.376 e. The third kappa shape index (κ3) is 4.48. The van der Waals surface area contributed by atoms with E-state index in [4.69, 9.17) is 0 Å². The molecule has 0 aliphatic carbocycles. The fraction of sp³-hybridized carbons (Fsp3) is 0.350. The topological polar surface area (TPSA) is 69.7 Å². The summed E-state index contributed by atoms with van der Waals surface area (Å²) in [5.41, 5.74) is 2.91. The molecule has 6 nitrogen and oxygen atoms in total. The van der Waals surface area contributed by atoms with Crippen molar-refractivity contribution >= 4 is 21.6 Å². The summed E-state index contributed by atoms with van der Waals surface area (Å²) >= 11 is 0. The average Bonchev–Trinajstić information content (AvgIpc) is 2.69. The number of hydrogen-bond donors (Lipinski definition) is 1. The van der Waals surface area contributed by atoms with Gasteiger partial charge in [0.1, 0.15) is 0 Å². The second-order valence-electron chi connectivity index (χ2n) is 6.75. The first-order valence-electron chi connectivity index (χ1n) is 9.02. The highest BCUT2D eigenvalue weighted by Gasteiger charge is 2.30. The Morgan fingerprint density at radius 2 is 1.63 bits per heavy atom. The summed E-state index contributed by atoms with van der Waals surface area (Å²) in [6.07, 6.45) is 0. The van der Waals surface area contributed by atoms with E-state index < -0.39 is 10.0 Å². The molecule has 1 saturated heterocycles. The van der Waals surface area contributed by atoms with Crippen LogP contribution in [-0.2, 0) is 14.8 Å². The number of amides is 1. The number of hydrogen-bond acceptors (Lipinski definition) is 4. The van der Waals surface area contributed by atoms with Crippen LogP contribution >= 0.6 is 0 Å². The standard InChI is InChI=1S/C20H25N3O3S/c1-16-8-9-19(14-17(16)2)27(25,26)23-12-10-22(11-13-23)20(24)15-21-18-6-4-3-5-7-18/h3-9,14,21H,10-13,15H2,1-2H3. The number of rotatable bonds is 5. The van der Waals surface area contributed by atoms with E-state index in [9.17, 15) is 13.2 Å². The number of para-hydroxylation sites is 1. The Kier molecular flexibility index (Phi) is 5.82. The van der Waals surface area contributed by atoms with Gasteiger partial charge in [-0.3, -0.25) is 4.79 Å². The molecule has 1 aliphatic heterocycles. The zero-order chi connectivity index (χ0) is 19.4. The molecular formula is C20H25N3O3S. The maximum Gasteiger partial charge on any atom is 0.243 e. The molecule has 3 rings (SSSR count). The van der Waals surface area contributed by atoms with Gasteiger partial charge in [-0.25, -0.2) is 8.42 Å². The second-order valence-corrected chi connectivity index (χ2v) is 8.69. The molecule has 1 aliphatic rings. The highest BCUT2D eigenvalue weighted by Crippen LogP contribution is 2.20. The van der Waals surface area contributed by atoms with Crippen molar-refractivity contribution in [1.82, 2.24) is 9.21 Å². The van der Waals surface area contributed by atoms with E-state index in [2.05, 4.69) is 5.32 Å². The second kappa shape index (κ2) is 8.10. The summed E-state index contributed by atoms with van der Waals surface area (Å²) in [5.74, 6) is -0.0259. The van der Waals surface area contributed by atoms with Crippen LogP contribution in [0, 0.1) is 13.8 Å². The first-order chi connectivity index (χ1) is 12.9. The molecule has 1 N–H and O–H groups in total. The maximum absolute atomic E-state index is 12.8. The van der Waals surface area contributed by atoms with Crippen LogP contribution in [0.2, 0.25) is 0 Å². The van der Waals surface area contributed by atoms with Gasteiger partial charge < -0.3 is 10.2 Å². The lowest BCUT2D eigenvalue weighted by atomic mass is 10.1. The predicted molar refractivity (Wildman–Crippen MR) is 106 cm³/mol. The Labute approximate surface area is 160 Å². The number of sulfonamides is 1. The first kappa shape index (κ1) is 19.4.